The fourth-order valence-corrected chi connectivity index (χ4v) is 2.97. The maximum absolute atomic E-state index is 11.7. The Morgan fingerprint density at radius 2 is 1.90 bits per heavy atom. The van der Waals surface area contributed by atoms with Gasteiger partial charge in [-0.2, -0.15) is 0 Å². The predicted molar refractivity (Wildman–Crippen MR) is 76.3 cm³/mol. The Labute approximate surface area is 121 Å². The molecule has 20 heavy (non-hydrogen) atoms. The Hall–Kier alpha value is -1.10. The van der Waals surface area contributed by atoms with Gasteiger partial charge in [0.1, 0.15) is 6.10 Å². The molecule has 0 saturated carbocycles. The molecule has 0 N–H and O–H groups in total. The van der Waals surface area contributed by atoms with Crippen molar-refractivity contribution in [1.82, 2.24) is 9.80 Å². The molecular formula is C15H26N2O3. The van der Waals surface area contributed by atoms with Gasteiger partial charge in [0.2, 0.25) is 5.91 Å². The molecular weight excluding hydrogens is 256 g/mol. The van der Waals surface area contributed by atoms with E-state index in [4.69, 9.17) is 4.74 Å². The fraction of sp³-hybridized carbons (Fsp3) is 0.867. The Morgan fingerprint density at radius 3 is 2.50 bits per heavy atom. The molecule has 0 aliphatic carbocycles. The minimum Gasteiger partial charge on any atom is -0.459 e. The van der Waals surface area contributed by atoms with E-state index in [2.05, 4.69) is 4.90 Å². The Bertz CT molecular complexity index is 340. The van der Waals surface area contributed by atoms with E-state index in [0.29, 0.717) is 19.4 Å². The average molecular weight is 282 g/mol. The summed E-state index contributed by atoms with van der Waals surface area (Å²) in [6.45, 7) is 6.08. The third kappa shape index (κ3) is 4.47. The van der Waals surface area contributed by atoms with E-state index in [9.17, 15) is 9.59 Å². The molecule has 5 heteroatoms. The summed E-state index contributed by atoms with van der Waals surface area (Å²) in [6, 6.07) is 0. The number of esters is 1. The monoisotopic (exact) mass is 282 g/mol. The lowest BCUT2D eigenvalue weighted by Gasteiger charge is -2.32. The second kappa shape index (κ2) is 7.62. The van der Waals surface area contributed by atoms with Crippen molar-refractivity contribution in [1.29, 1.82) is 0 Å². The molecule has 0 aromatic rings. The maximum atomic E-state index is 11.7. The van der Waals surface area contributed by atoms with Crippen molar-refractivity contribution in [2.45, 2.75) is 51.6 Å². The van der Waals surface area contributed by atoms with Crippen LogP contribution in [0.1, 0.15) is 45.4 Å². The molecule has 2 heterocycles. The van der Waals surface area contributed by atoms with Gasteiger partial charge in [0.15, 0.2) is 0 Å². The first-order valence-electron chi connectivity index (χ1n) is 7.88. The highest BCUT2D eigenvalue weighted by Gasteiger charge is 2.27. The van der Waals surface area contributed by atoms with E-state index >= 15 is 0 Å². The molecule has 2 aliphatic rings. The lowest BCUT2D eigenvalue weighted by molar-refractivity contribution is -0.152. The van der Waals surface area contributed by atoms with E-state index in [-0.39, 0.29) is 18.0 Å². The first-order valence-corrected chi connectivity index (χ1v) is 7.88. The largest absolute Gasteiger partial charge is 0.459 e. The van der Waals surface area contributed by atoms with Gasteiger partial charge in [0, 0.05) is 25.9 Å². The second-order valence-electron chi connectivity index (χ2n) is 5.77. The van der Waals surface area contributed by atoms with E-state index in [1.807, 2.05) is 4.90 Å². The van der Waals surface area contributed by atoms with Crippen LogP contribution < -0.4 is 0 Å². The molecule has 114 valence electrons. The number of carbonyl (C=O) groups excluding carboxylic acids is 2. The van der Waals surface area contributed by atoms with Crippen LogP contribution >= 0.6 is 0 Å². The molecule has 0 bridgehead atoms. The fourth-order valence-electron chi connectivity index (χ4n) is 2.97. The van der Waals surface area contributed by atoms with Gasteiger partial charge >= 0.3 is 5.97 Å². The smallest absolute Gasteiger partial charge is 0.305 e. The van der Waals surface area contributed by atoms with E-state index in [1.165, 1.54) is 19.3 Å². The van der Waals surface area contributed by atoms with E-state index < -0.39 is 0 Å². The van der Waals surface area contributed by atoms with Crippen molar-refractivity contribution < 1.29 is 14.3 Å². The number of amides is 1. The number of likely N-dealkylation sites (tertiary alicyclic amines) is 2. The molecule has 0 spiro atoms. The maximum Gasteiger partial charge on any atom is 0.305 e. The summed E-state index contributed by atoms with van der Waals surface area (Å²) in [5.41, 5.74) is 0. The molecule has 2 saturated heterocycles. The predicted octanol–water partition coefficient (Wildman–Crippen LogP) is 1.42. The van der Waals surface area contributed by atoms with Crippen LogP contribution in [0.25, 0.3) is 0 Å². The van der Waals surface area contributed by atoms with Crippen LogP contribution in [0.4, 0.5) is 0 Å². The van der Waals surface area contributed by atoms with Crippen LogP contribution in [0.15, 0.2) is 0 Å². The number of hydrogen-bond acceptors (Lipinski definition) is 4. The van der Waals surface area contributed by atoms with Crippen molar-refractivity contribution in [2.24, 2.45) is 0 Å². The van der Waals surface area contributed by atoms with Crippen LogP contribution in [0.5, 0.6) is 0 Å². The minimum absolute atomic E-state index is 0.168. The number of rotatable bonds is 6. The Balaban J connectivity index is 1.88. The lowest BCUT2D eigenvalue weighted by atomic mass is 10.1. The molecule has 0 radical (unpaired) electrons. The number of hydrogen-bond donors (Lipinski definition) is 0. The summed E-state index contributed by atoms with van der Waals surface area (Å²) in [5.74, 6) is 0.0276. The number of piperidine rings is 1. The van der Waals surface area contributed by atoms with Gasteiger partial charge in [0.25, 0.3) is 0 Å². The van der Waals surface area contributed by atoms with E-state index in [0.717, 1.165) is 32.6 Å². The number of carbonyl (C=O) groups is 2. The first-order chi connectivity index (χ1) is 9.69. The summed E-state index contributed by atoms with van der Waals surface area (Å²) in [5, 5.41) is 0. The van der Waals surface area contributed by atoms with Crippen LogP contribution in [0.3, 0.4) is 0 Å². The molecule has 0 aromatic heterocycles. The van der Waals surface area contributed by atoms with Gasteiger partial charge in [-0.15, -0.1) is 0 Å². The minimum atomic E-state index is -0.178. The third-order valence-corrected chi connectivity index (χ3v) is 4.09. The summed E-state index contributed by atoms with van der Waals surface area (Å²) in [6.07, 6.45) is 5.51. The first kappa shape index (κ1) is 15.3. The van der Waals surface area contributed by atoms with Crippen molar-refractivity contribution in [3.05, 3.63) is 0 Å². The van der Waals surface area contributed by atoms with Gasteiger partial charge < -0.3 is 9.64 Å². The number of nitrogens with zero attached hydrogens (tertiary/aromatic N) is 2. The summed E-state index contributed by atoms with van der Waals surface area (Å²) < 4.78 is 5.54. The van der Waals surface area contributed by atoms with Crippen molar-refractivity contribution in [3.63, 3.8) is 0 Å². The van der Waals surface area contributed by atoms with Crippen LogP contribution in [-0.2, 0) is 14.3 Å². The molecule has 2 rings (SSSR count). The average Bonchev–Trinajstić information content (AvgIpc) is 2.85. The van der Waals surface area contributed by atoms with E-state index in [1.54, 1.807) is 6.92 Å². The van der Waals surface area contributed by atoms with Crippen LogP contribution in [-0.4, -0.2) is 60.5 Å². The number of ether oxygens (including phenoxy) is 1. The molecule has 0 aromatic carbocycles. The zero-order chi connectivity index (χ0) is 14.4. The lowest BCUT2D eigenvalue weighted by Crippen LogP contribution is -2.44. The van der Waals surface area contributed by atoms with Crippen molar-refractivity contribution in [2.75, 3.05) is 32.7 Å². The van der Waals surface area contributed by atoms with Crippen molar-refractivity contribution >= 4 is 11.9 Å². The molecule has 1 atom stereocenters. The highest BCUT2D eigenvalue weighted by atomic mass is 16.5. The molecule has 0 unspecified atom stereocenters. The quantitative estimate of drug-likeness (QED) is 0.691. The highest BCUT2D eigenvalue weighted by Crippen LogP contribution is 2.14. The van der Waals surface area contributed by atoms with Crippen LogP contribution in [0.2, 0.25) is 0 Å². The highest BCUT2D eigenvalue weighted by molar-refractivity contribution is 5.78. The van der Waals surface area contributed by atoms with Gasteiger partial charge in [-0.3, -0.25) is 14.5 Å². The molecule has 2 aliphatic heterocycles. The standard InChI is InChI=1S/C15H26N2O3/c1-2-15(19)20-13(11-16-8-4-3-5-9-16)12-17-10-6-7-14(17)18/h13H,2-12H2,1H3/t13-/m0/s1. The zero-order valence-electron chi connectivity index (χ0n) is 12.5. The summed E-state index contributed by atoms with van der Waals surface area (Å²) in [7, 11) is 0. The Morgan fingerprint density at radius 1 is 1.15 bits per heavy atom. The van der Waals surface area contributed by atoms with Gasteiger partial charge in [-0.1, -0.05) is 13.3 Å². The SMILES string of the molecule is CCC(=O)O[C@@H](CN1CCCCC1)CN1CCCC1=O. The third-order valence-electron chi connectivity index (χ3n) is 4.09. The van der Waals surface area contributed by atoms with Gasteiger partial charge in [-0.25, -0.2) is 0 Å². The van der Waals surface area contributed by atoms with Crippen LogP contribution in [0, 0.1) is 0 Å². The second-order valence-corrected chi connectivity index (χ2v) is 5.77. The normalized spacial score (nSPS) is 22.1. The topological polar surface area (TPSA) is 49.9 Å². The van der Waals surface area contributed by atoms with Crippen molar-refractivity contribution in [3.8, 4) is 0 Å². The zero-order valence-corrected chi connectivity index (χ0v) is 12.5. The summed E-state index contributed by atoms with van der Waals surface area (Å²) in [4.78, 5) is 27.5. The molecule has 5 nitrogen and oxygen atoms in total. The van der Waals surface area contributed by atoms with Gasteiger partial charge in [-0.05, 0) is 32.4 Å². The Kier molecular flexibility index (Phi) is 5.83. The van der Waals surface area contributed by atoms with Gasteiger partial charge in [0.05, 0.1) is 6.54 Å². The molecule has 2 fully saturated rings. The molecule has 1 amide bonds. The summed E-state index contributed by atoms with van der Waals surface area (Å²) >= 11 is 0.